The molecule has 2 aromatic rings. The Morgan fingerprint density at radius 1 is 1.45 bits per heavy atom. The molecule has 0 spiro atoms. The summed E-state index contributed by atoms with van der Waals surface area (Å²) < 4.78 is 5.06. The summed E-state index contributed by atoms with van der Waals surface area (Å²) in [5.74, 6) is 0. The number of carbonyl (C=O) groups excluding carboxylic acids is 1. The average Bonchev–Trinajstić information content (AvgIpc) is 2.50. The highest BCUT2D eigenvalue weighted by molar-refractivity contribution is 7.13. The van der Waals surface area contributed by atoms with E-state index in [1.54, 1.807) is 12.3 Å². The van der Waals surface area contributed by atoms with Gasteiger partial charge < -0.3 is 0 Å². The van der Waals surface area contributed by atoms with Gasteiger partial charge in [0.05, 0.1) is 4.70 Å². The van der Waals surface area contributed by atoms with Gasteiger partial charge in [-0.2, -0.15) is 4.37 Å². The van der Waals surface area contributed by atoms with Gasteiger partial charge in [0.1, 0.15) is 0 Å². The third kappa shape index (κ3) is 0.935. The first-order valence-electron chi connectivity index (χ1n) is 3.20. The highest BCUT2D eigenvalue weighted by atomic mass is 32.1. The SMILES string of the molecule is O=Cc1cccc2sncc12. The molecule has 0 saturated carbocycles. The van der Waals surface area contributed by atoms with Crippen LogP contribution in [-0.4, -0.2) is 10.7 Å². The molecule has 1 aromatic carbocycles. The molecule has 0 saturated heterocycles. The zero-order valence-corrected chi connectivity index (χ0v) is 6.47. The Morgan fingerprint density at radius 2 is 2.36 bits per heavy atom. The molecule has 2 rings (SSSR count). The lowest BCUT2D eigenvalue weighted by atomic mass is 10.2. The normalized spacial score (nSPS) is 10.2. The summed E-state index contributed by atoms with van der Waals surface area (Å²) >= 11 is 1.41. The first-order chi connectivity index (χ1) is 5.42. The van der Waals surface area contributed by atoms with Crippen molar-refractivity contribution in [2.75, 3.05) is 0 Å². The highest BCUT2D eigenvalue weighted by Crippen LogP contribution is 2.19. The third-order valence-corrected chi connectivity index (χ3v) is 2.32. The summed E-state index contributed by atoms with van der Waals surface area (Å²) in [5, 5.41) is 0.951. The van der Waals surface area contributed by atoms with Crippen molar-refractivity contribution in [1.29, 1.82) is 0 Å². The monoisotopic (exact) mass is 163 g/mol. The number of hydrogen-bond donors (Lipinski definition) is 0. The van der Waals surface area contributed by atoms with E-state index < -0.39 is 0 Å². The molecule has 0 fully saturated rings. The van der Waals surface area contributed by atoms with Gasteiger partial charge in [-0.05, 0) is 17.6 Å². The van der Waals surface area contributed by atoms with Gasteiger partial charge in [0, 0.05) is 17.1 Å². The van der Waals surface area contributed by atoms with Gasteiger partial charge in [-0.15, -0.1) is 0 Å². The molecule has 0 amide bonds. The van der Waals surface area contributed by atoms with Crippen molar-refractivity contribution in [3.63, 3.8) is 0 Å². The van der Waals surface area contributed by atoms with Gasteiger partial charge in [0.25, 0.3) is 0 Å². The Labute approximate surface area is 67.6 Å². The molecule has 3 heteroatoms. The quantitative estimate of drug-likeness (QED) is 0.602. The van der Waals surface area contributed by atoms with E-state index in [1.165, 1.54) is 11.5 Å². The molecule has 54 valence electrons. The summed E-state index contributed by atoms with van der Waals surface area (Å²) in [6.45, 7) is 0. The Kier molecular flexibility index (Phi) is 1.43. The molecular formula is C8H5NOS. The molecule has 1 aromatic heterocycles. The predicted octanol–water partition coefficient (Wildman–Crippen LogP) is 2.11. The Morgan fingerprint density at radius 3 is 3.18 bits per heavy atom. The molecule has 0 radical (unpaired) electrons. The van der Waals surface area contributed by atoms with E-state index in [1.807, 2.05) is 12.1 Å². The predicted molar refractivity (Wildman–Crippen MR) is 45.0 cm³/mol. The second-order valence-electron chi connectivity index (χ2n) is 2.20. The molecule has 2 nitrogen and oxygen atoms in total. The van der Waals surface area contributed by atoms with Crippen molar-refractivity contribution in [1.82, 2.24) is 4.37 Å². The molecule has 0 aliphatic heterocycles. The summed E-state index contributed by atoms with van der Waals surface area (Å²) in [6.07, 6.45) is 2.58. The van der Waals surface area contributed by atoms with Crippen LogP contribution in [0.25, 0.3) is 10.1 Å². The largest absolute Gasteiger partial charge is 0.298 e. The van der Waals surface area contributed by atoms with E-state index in [-0.39, 0.29) is 0 Å². The number of hydrogen-bond acceptors (Lipinski definition) is 3. The lowest BCUT2D eigenvalue weighted by Crippen LogP contribution is -1.77. The fourth-order valence-electron chi connectivity index (χ4n) is 1.02. The van der Waals surface area contributed by atoms with E-state index in [4.69, 9.17) is 0 Å². The molecule has 1 heterocycles. The van der Waals surface area contributed by atoms with Crippen molar-refractivity contribution < 1.29 is 4.79 Å². The average molecular weight is 163 g/mol. The lowest BCUT2D eigenvalue weighted by Gasteiger charge is -1.89. The van der Waals surface area contributed by atoms with Crippen LogP contribution in [0.1, 0.15) is 10.4 Å². The van der Waals surface area contributed by atoms with E-state index >= 15 is 0 Å². The Bertz CT molecular complexity index is 394. The van der Waals surface area contributed by atoms with Crippen LogP contribution in [0.15, 0.2) is 24.4 Å². The molecule has 0 unspecified atom stereocenters. The van der Waals surface area contributed by atoms with Crippen LogP contribution in [0.2, 0.25) is 0 Å². The maximum Gasteiger partial charge on any atom is 0.150 e. The zero-order chi connectivity index (χ0) is 7.68. The fourth-order valence-corrected chi connectivity index (χ4v) is 1.70. The van der Waals surface area contributed by atoms with Crippen LogP contribution in [0, 0.1) is 0 Å². The molecule has 11 heavy (non-hydrogen) atoms. The van der Waals surface area contributed by atoms with Gasteiger partial charge >= 0.3 is 0 Å². The second-order valence-corrected chi connectivity index (χ2v) is 3.04. The topological polar surface area (TPSA) is 30.0 Å². The van der Waals surface area contributed by atoms with Crippen molar-refractivity contribution in [3.8, 4) is 0 Å². The lowest BCUT2D eigenvalue weighted by molar-refractivity contribution is 0.112. The molecule has 0 N–H and O–H groups in total. The first-order valence-corrected chi connectivity index (χ1v) is 3.98. The minimum atomic E-state index is 0.719. The molecular weight excluding hydrogens is 158 g/mol. The number of benzene rings is 1. The van der Waals surface area contributed by atoms with E-state index in [0.717, 1.165) is 21.9 Å². The third-order valence-electron chi connectivity index (χ3n) is 1.56. The molecule has 0 bridgehead atoms. The minimum absolute atomic E-state index is 0.719. The van der Waals surface area contributed by atoms with Crippen molar-refractivity contribution >= 4 is 27.9 Å². The van der Waals surface area contributed by atoms with Crippen LogP contribution < -0.4 is 0 Å². The van der Waals surface area contributed by atoms with Crippen LogP contribution >= 0.6 is 11.5 Å². The van der Waals surface area contributed by atoms with Crippen LogP contribution in [0.3, 0.4) is 0 Å². The van der Waals surface area contributed by atoms with Crippen molar-refractivity contribution in [2.45, 2.75) is 0 Å². The number of rotatable bonds is 1. The standard InChI is InChI=1S/C8H5NOS/c10-5-6-2-1-3-8-7(6)4-9-11-8/h1-5H. The van der Waals surface area contributed by atoms with Crippen LogP contribution in [0.4, 0.5) is 0 Å². The van der Waals surface area contributed by atoms with E-state index in [9.17, 15) is 4.79 Å². The summed E-state index contributed by atoms with van der Waals surface area (Å²) in [4.78, 5) is 10.5. The van der Waals surface area contributed by atoms with Crippen LogP contribution in [-0.2, 0) is 0 Å². The maximum atomic E-state index is 10.5. The minimum Gasteiger partial charge on any atom is -0.298 e. The fraction of sp³-hybridized carbons (Fsp3) is 0. The van der Waals surface area contributed by atoms with Crippen LogP contribution in [0.5, 0.6) is 0 Å². The maximum absolute atomic E-state index is 10.5. The van der Waals surface area contributed by atoms with Gasteiger partial charge in [-0.3, -0.25) is 4.79 Å². The molecule has 0 aliphatic rings. The number of aromatic nitrogens is 1. The molecule has 0 atom stereocenters. The Hall–Kier alpha value is -1.22. The Balaban J connectivity index is 2.88. The number of carbonyl (C=O) groups is 1. The zero-order valence-electron chi connectivity index (χ0n) is 5.65. The first kappa shape index (κ1) is 6.49. The van der Waals surface area contributed by atoms with Gasteiger partial charge in [0.2, 0.25) is 0 Å². The second kappa shape index (κ2) is 2.43. The number of nitrogens with zero attached hydrogens (tertiary/aromatic N) is 1. The number of aldehydes is 1. The van der Waals surface area contributed by atoms with Gasteiger partial charge in [-0.1, -0.05) is 12.1 Å². The van der Waals surface area contributed by atoms with E-state index in [0.29, 0.717) is 0 Å². The summed E-state index contributed by atoms with van der Waals surface area (Å²) in [7, 11) is 0. The summed E-state index contributed by atoms with van der Waals surface area (Å²) in [6, 6.07) is 5.62. The van der Waals surface area contributed by atoms with Gasteiger partial charge in [-0.25, -0.2) is 0 Å². The highest BCUT2D eigenvalue weighted by Gasteiger charge is 1.99. The molecule has 0 aliphatic carbocycles. The van der Waals surface area contributed by atoms with Gasteiger partial charge in [0.15, 0.2) is 6.29 Å². The smallest absolute Gasteiger partial charge is 0.150 e. The van der Waals surface area contributed by atoms with E-state index in [2.05, 4.69) is 4.37 Å². The number of fused-ring (bicyclic) bond motifs is 1. The van der Waals surface area contributed by atoms with Crippen molar-refractivity contribution in [2.24, 2.45) is 0 Å². The van der Waals surface area contributed by atoms with Crippen molar-refractivity contribution in [3.05, 3.63) is 30.0 Å². The summed E-state index contributed by atoms with van der Waals surface area (Å²) in [5.41, 5.74) is 0.719.